The Bertz CT molecular complexity index is 929. The number of hydrogen-bond acceptors (Lipinski definition) is 4. The van der Waals surface area contributed by atoms with Gasteiger partial charge >= 0.3 is 0 Å². The molecule has 0 heterocycles. The molecule has 0 bridgehead atoms. The number of nitrogens with two attached hydrogens (primary N) is 2. The van der Waals surface area contributed by atoms with Crippen molar-refractivity contribution < 1.29 is 10.2 Å². The molecule has 0 aliphatic rings. The number of fused-ring (bicyclic) bond motifs is 2. The average Bonchev–Trinajstić information content (AvgIpc) is 2.55. The molecule has 4 heteroatoms. The molecular formula is C20H18N2O2. The van der Waals surface area contributed by atoms with Crippen molar-refractivity contribution in [2.24, 2.45) is 0 Å². The van der Waals surface area contributed by atoms with Gasteiger partial charge in [-0.15, -0.1) is 0 Å². The van der Waals surface area contributed by atoms with E-state index in [9.17, 15) is 10.2 Å². The predicted octanol–water partition coefficient (Wildman–Crippen LogP) is 4.26. The number of anilines is 2. The van der Waals surface area contributed by atoms with Crippen LogP contribution >= 0.6 is 0 Å². The lowest BCUT2D eigenvalue weighted by atomic mass is 10.1. The van der Waals surface area contributed by atoms with Crippen LogP contribution in [0.3, 0.4) is 0 Å². The van der Waals surface area contributed by atoms with Gasteiger partial charge in [0.2, 0.25) is 0 Å². The summed E-state index contributed by atoms with van der Waals surface area (Å²) >= 11 is 0. The van der Waals surface area contributed by atoms with Crippen LogP contribution in [-0.2, 0) is 0 Å². The zero-order chi connectivity index (χ0) is 17.1. The molecule has 4 aromatic carbocycles. The first-order chi connectivity index (χ1) is 11.5. The van der Waals surface area contributed by atoms with Gasteiger partial charge in [-0.3, -0.25) is 0 Å². The molecule has 0 spiro atoms. The quantitative estimate of drug-likeness (QED) is 0.365. The number of hydrogen-bond donors (Lipinski definition) is 4. The molecule has 0 radical (unpaired) electrons. The van der Waals surface area contributed by atoms with Crippen LogP contribution in [0.4, 0.5) is 11.4 Å². The maximum atomic E-state index is 9.18. The summed E-state index contributed by atoms with van der Waals surface area (Å²) in [5, 5.41) is 22.3. The smallest absolute Gasteiger partial charge is 0.116 e. The fourth-order valence-corrected chi connectivity index (χ4v) is 2.59. The second-order valence-electron chi connectivity index (χ2n) is 5.51. The molecule has 0 saturated heterocycles. The van der Waals surface area contributed by atoms with Crippen molar-refractivity contribution >= 4 is 32.9 Å². The van der Waals surface area contributed by atoms with Crippen molar-refractivity contribution in [1.82, 2.24) is 0 Å². The lowest BCUT2D eigenvalue weighted by Crippen LogP contribution is -1.85. The minimum absolute atomic E-state index is 0.271. The van der Waals surface area contributed by atoms with Crippen molar-refractivity contribution in [2.45, 2.75) is 0 Å². The molecule has 4 nitrogen and oxygen atoms in total. The third-order valence-electron chi connectivity index (χ3n) is 3.80. The van der Waals surface area contributed by atoms with Crippen molar-refractivity contribution in [3.63, 3.8) is 0 Å². The molecule has 0 fully saturated rings. The number of phenols is 2. The fraction of sp³-hybridized carbons (Fsp3) is 0. The summed E-state index contributed by atoms with van der Waals surface area (Å²) in [5.74, 6) is 0.543. The Morgan fingerprint density at radius 2 is 0.958 bits per heavy atom. The first-order valence-electron chi connectivity index (χ1n) is 7.49. The standard InChI is InChI=1S/2C10H9NO/c2*11-10-3-1-2-7-6-8(12)4-5-9(7)10/h2*1-6,12H,11H2. The number of rotatable bonds is 0. The molecule has 120 valence electrons. The van der Waals surface area contributed by atoms with E-state index in [1.807, 2.05) is 48.5 Å². The Labute approximate surface area is 139 Å². The predicted molar refractivity (Wildman–Crippen MR) is 100 cm³/mol. The number of aromatic hydroxyl groups is 2. The normalized spacial score (nSPS) is 10.3. The van der Waals surface area contributed by atoms with Crippen LogP contribution in [0.5, 0.6) is 11.5 Å². The van der Waals surface area contributed by atoms with Crippen LogP contribution < -0.4 is 11.5 Å². The van der Waals surface area contributed by atoms with E-state index in [4.69, 9.17) is 11.5 Å². The van der Waals surface area contributed by atoms with Crippen molar-refractivity contribution in [3.05, 3.63) is 72.8 Å². The number of nitrogen functional groups attached to an aromatic ring is 2. The van der Waals surface area contributed by atoms with Crippen LogP contribution in [0.2, 0.25) is 0 Å². The zero-order valence-corrected chi connectivity index (χ0v) is 13.0. The third-order valence-corrected chi connectivity index (χ3v) is 3.80. The molecule has 4 aromatic rings. The zero-order valence-electron chi connectivity index (χ0n) is 13.0. The maximum absolute atomic E-state index is 9.18. The van der Waals surface area contributed by atoms with Gasteiger partial charge in [-0.1, -0.05) is 24.3 Å². The Morgan fingerprint density at radius 3 is 1.38 bits per heavy atom. The molecule has 4 rings (SSSR count). The van der Waals surface area contributed by atoms with Crippen molar-refractivity contribution in [1.29, 1.82) is 0 Å². The summed E-state index contributed by atoms with van der Waals surface area (Å²) in [5.41, 5.74) is 12.9. The van der Waals surface area contributed by atoms with E-state index in [0.717, 1.165) is 32.9 Å². The summed E-state index contributed by atoms with van der Waals surface area (Å²) in [6.07, 6.45) is 0. The Morgan fingerprint density at radius 1 is 0.542 bits per heavy atom. The van der Waals surface area contributed by atoms with Gasteiger partial charge in [0.25, 0.3) is 0 Å². The van der Waals surface area contributed by atoms with E-state index in [1.54, 1.807) is 24.3 Å². The van der Waals surface area contributed by atoms with Crippen LogP contribution in [0.15, 0.2) is 72.8 Å². The van der Waals surface area contributed by atoms with Crippen LogP contribution in [0, 0.1) is 0 Å². The molecule has 0 aliphatic heterocycles. The first kappa shape index (κ1) is 15.5. The Kier molecular flexibility index (Phi) is 4.12. The van der Waals surface area contributed by atoms with Gasteiger partial charge in [0, 0.05) is 22.1 Å². The molecule has 0 saturated carbocycles. The molecule has 0 aromatic heterocycles. The van der Waals surface area contributed by atoms with E-state index >= 15 is 0 Å². The average molecular weight is 318 g/mol. The van der Waals surface area contributed by atoms with Crippen LogP contribution in [0.25, 0.3) is 21.5 Å². The maximum Gasteiger partial charge on any atom is 0.116 e. The minimum Gasteiger partial charge on any atom is -0.508 e. The molecule has 24 heavy (non-hydrogen) atoms. The van der Waals surface area contributed by atoms with Crippen LogP contribution in [0.1, 0.15) is 0 Å². The first-order valence-corrected chi connectivity index (χ1v) is 7.49. The van der Waals surface area contributed by atoms with Gasteiger partial charge in [-0.05, 0) is 59.3 Å². The van der Waals surface area contributed by atoms with E-state index in [1.165, 1.54) is 0 Å². The molecule has 0 unspecified atom stereocenters. The summed E-state index contributed by atoms with van der Waals surface area (Å²) in [7, 11) is 0. The summed E-state index contributed by atoms with van der Waals surface area (Å²) in [6.45, 7) is 0. The van der Waals surface area contributed by atoms with E-state index < -0.39 is 0 Å². The largest absolute Gasteiger partial charge is 0.508 e. The molecule has 0 amide bonds. The fourth-order valence-electron chi connectivity index (χ4n) is 2.59. The molecule has 0 aliphatic carbocycles. The van der Waals surface area contributed by atoms with Gasteiger partial charge in [0.05, 0.1) is 0 Å². The lowest BCUT2D eigenvalue weighted by Gasteiger charge is -2.00. The summed E-state index contributed by atoms with van der Waals surface area (Å²) in [4.78, 5) is 0. The highest BCUT2D eigenvalue weighted by molar-refractivity contribution is 5.94. The Balaban J connectivity index is 0.000000141. The molecule has 0 atom stereocenters. The highest BCUT2D eigenvalue weighted by atomic mass is 16.3. The van der Waals surface area contributed by atoms with Crippen molar-refractivity contribution in [2.75, 3.05) is 11.5 Å². The molecular weight excluding hydrogens is 300 g/mol. The van der Waals surface area contributed by atoms with Gasteiger partial charge in [0.15, 0.2) is 0 Å². The third kappa shape index (κ3) is 3.17. The lowest BCUT2D eigenvalue weighted by molar-refractivity contribution is 0.475. The number of benzene rings is 4. The summed E-state index contributed by atoms with van der Waals surface area (Å²) < 4.78 is 0. The van der Waals surface area contributed by atoms with Gasteiger partial charge in [-0.25, -0.2) is 0 Å². The SMILES string of the molecule is Nc1cccc2cc(O)ccc12.Nc1cccc2cc(O)ccc12. The van der Waals surface area contributed by atoms with Crippen LogP contribution in [-0.4, -0.2) is 10.2 Å². The minimum atomic E-state index is 0.271. The summed E-state index contributed by atoms with van der Waals surface area (Å²) in [6, 6.07) is 21.6. The highest BCUT2D eigenvalue weighted by Crippen LogP contribution is 2.25. The van der Waals surface area contributed by atoms with E-state index in [0.29, 0.717) is 0 Å². The van der Waals surface area contributed by atoms with Crippen molar-refractivity contribution in [3.8, 4) is 11.5 Å². The second kappa shape index (κ2) is 6.38. The van der Waals surface area contributed by atoms with Gasteiger partial charge in [-0.2, -0.15) is 0 Å². The highest BCUT2D eigenvalue weighted by Gasteiger charge is 1.97. The monoisotopic (exact) mass is 318 g/mol. The second-order valence-corrected chi connectivity index (χ2v) is 5.51. The topological polar surface area (TPSA) is 92.5 Å². The number of phenolic OH excluding ortho intramolecular Hbond substituents is 2. The molecule has 6 N–H and O–H groups in total. The van der Waals surface area contributed by atoms with Gasteiger partial charge < -0.3 is 21.7 Å². The van der Waals surface area contributed by atoms with E-state index in [-0.39, 0.29) is 11.5 Å². The Hall–Kier alpha value is -3.40. The van der Waals surface area contributed by atoms with E-state index in [2.05, 4.69) is 0 Å². The van der Waals surface area contributed by atoms with Gasteiger partial charge in [0.1, 0.15) is 11.5 Å².